The van der Waals surface area contributed by atoms with Gasteiger partial charge in [0.05, 0.1) is 12.4 Å². The number of ether oxygens (including phenoxy) is 1. The van der Waals surface area contributed by atoms with E-state index in [0.717, 1.165) is 0 Å². The number of carboxylic acids is 1. The Hall–Kier alpha value is -0.950. The van der Waals surface area contributed by atoms with E-state index in [2.05, 4.69) is 5.32 Å². The van der Waals surface area contributed by atoms with Gasteiger partial charge in [-0.1, -0.05) is 0 Å². The lowest BCUT2D eigenvalue weighted by Crippen LogP contribution is -2.43. The van der Waals surface area contributed by atoms with Gasteiger partial charge in [0.1, 0.15) is 6.04 Å². The van der Waals surface area contributed by atoms with Gasteiger partial charge in [0, 0.05) is 30.1 Å². The molecule has 16 heavy (non-hydrogen) atoms. The Balaban J connectivity index is 4.03. The van der Waals surface area contributed by atoms with Gasteiger partial charge in [-0.2, -0.15) is 0 Å². The van der Waals surface area contributed by atoms with Crippen molar-refractivity contribution in [2.24, 2.45) is 0 Å². The van der Waals surface area contributed by atoms with Crippen molar-refractivity contribution >= 4 is 22.7 Å². The van der Waals surface area contributed by atoms with Crippen molar-refractivity contribution in [3.05, 3.63) is 0 Å². The van der Waals surface area contributed by atoms with Crippen LogP contribution in [0.3, 0.4) is 0 Å². The molecule has 2 N–H and O–H groups in total. The number of hydrogen-bond donors (Lipinski definition) is 2. The van der Waals surface area contributed by atoms with E-state index in [1.165, 1.54) is 6.92 Å². The summed E-state index contributed by atoms with van der Waals surface area (Å²) in [4.78, 5) is 21.4. The Bertz CT molecular complexity index is 269. The fourth-order valence-electron chi connectivity index (χ4n) is 0.985. The minimum absolute atomic E-state index is 0.0953. The second-order valence-electron chi connectivity index (χ2n) is 3.10. The number of aliphatic carboxylic acids is 1. The number of carbonyl (C=O) groups is 2. The lowest BCUT2D eigenvalue weighted by Gasteiger charge is -2.12. The van der Waals surface area contributed by atoms with E-state index in [4.69, 9.17) is 9.84 Å². The zero-order valence-corrected chi connectivity index (χ0v) is 10.2. The fraction of sp³-hybridized carbons (Fsp3) is 0.778. The Morgan fingerprint density at radius 2 is 2.12 bits per heavy atom. The van der Waals surface area contributed by atoms with Crippen molar-refractivity contribution in [3.8, 4) is 0 Å². The van der Waals surface area contributed by atoms with E-state index in [1.54, 1.807) is 0 Å². The Morgan fingerprint density at radius 3 is 2.56 bits per heavy atom. The van der Waals surface area contributed by atoms with Crippen LogP contribution < -0.4 is 5.32 Å². The molecule has 0 aromatic heterocycles. The van der Waals surface area contributed by atoms with Crippen LogP contribution in [0.2, 0.25) is 0 Å². The summed E-state index contributed by atoms with van der Waals surface area (Å²) in [5.74, 6) is -1.45. The van der Waals surface area contributed by atoms with Gasteiger partial charge in [-0.05, 0) is 6.92 Å². The second-order valence-corrected chi connectivity index (χ2v) is 4.72. The highest BCUT2D eigenvalue weighted by atomic mass is 32.2. The highest BCUT2D eigenvalue weighted by Gasteiger charge is 2.20. The number of carbonyl (C=O) groups excluding carboxylic acids is 1. The van der Waals surface area contributed by atoms with Gasteiger partial charge in [0.2, 0.25) is 5.91 Å². The van der Waals surface area contributed by atoms with Crippen molar-refractivity contribution in [1.29, 1.82) is 0 Å². The van der Waals surface area contributed by atoms with Crippen LogP contribution in [0, 0.1) is 0 Å². The van der Waals surface area contributed by atoms with Crippen molar-refractivity contribution in [2.45, 2.75) is 19.9 Å². The standard InChI is InChI=1S/C9H17NO5S/c1-3-15-4-5-16(14)6-8(9(12)13)10-7(2)11/h8H,3-6H2,1-2H3,(H,10,11)(H,12,13). The number of hydrogen-bond acceptors (Lipinski definition) is 4. The molecule has 0 aliphatic carbocycles. The topological polar surface area (TPSA) is 92.7 Å². The predicted octanol–water partition coefficient (Wildman–Crippen LogP) is -0.639. The maximum absolute atomic E-state index is 11.4. The fourth-order valence-corrected chi connectivity index (χ4v) is 2.05. The van der Waals surface area contributed by atoms with Crippen LogP contribution in [0.4, 0.5) is 0 Å². The average molecular weight is 251 g/mol. The molecule has 0 rings (SSSR count). The average Bonchev–Trinajstić information content (AvgIpc) is 2.16. The molecule has 0 fully saturated rings. The monoisotopic (exact) mass is 251 g/mol. The zero-order chi connectivity index (χ0) is 12.6. The van der Waals surface area contributed by atoms with Crippen LogP contribution in [0.25, 0.3) is 0 Å². The molecule has 0 saturated heterocycles. The molecule has 1 amide bonds. The van der Waals surface area contributed by atoms with E-state index in [1.807, 2.05) is 6.92 Å². The minimum atomic E-state index is -1.31. The van der Waals surface area contributed by atoms with Crippen LogP contribution in [-0.2, 0) is 25.1 Å². The van der Waals surface area contributed by atoms with Gasteiger partial charge in [-0.25, -0.2) is 4.79 Å². The van der Waals surface area contributed by atoms with Crippen molar-refractivity contribution in [3.63, 3.8) is 0 Å². The van der Waals surface area contributed by atoms with E-state index < -0.39 is 28.7 Å². The molecule has 0 saturated carbocycles. The summed E-state index contributed by atoms with van der Waals surface area (Å²) in [6.07, 6.45) is 0. The number of carboxylic acid groups (broad SMARTS) is 1. The first-order valence-corrected chi connectivity index (χ1v) is 6.38. The summed E-state index contributed by atoms with van der Waals surface area (Å²) in [5, 5.41) is 11.0. The third-order valence-corrected chi connectivity index (χ3v) is 3.01. The van der Waals surface area contributed by atoms with Gasteiger partial charge < -0.3 is 15.2 Å². The van der Waals surface area contributed by atoms with Gasteiger partial charge >= 0.3 is 5.97 Å². The van der Waals surface area contributed by atoms with Crippen molar-refractivity contribution in [1.82, 2.24) is 5.32 Å². The van der Waals surface area contributed by atoms with Crippen LogP contribution in [0.5, 0.6) is 0 Å². The second kappa shape index (κ2) is 8.23. The maximum Gasteiger partial charge on any atom is 0.327 e. The number of amides is 1. The molecule has 2 unspecified atom stereocenters. The van der Waals surface area contributed by atoms with Crippen LogP contribution >= 0.6 is 0 Å². The Morgan fingerprint density at radius 1 is 1.50 bits per heavy atom. The minimum Gasteiger partial charge on any atom is -0.480 e. The number of nitrogens with one attached hydrogen (secondary N) is 1. The van der Waals surface area contributed by atoms with Gasteiger partial charge in [-0.3, -0.25) is 9.00 Å². The molecule has 0 radical (unpaired) electrons. The molecular formula is C9H17NO5S. The molecule has 0 aromatic rings. The summed E-state index contributed by atoms with van der Waals surface area (Å²) in [5.41, 5.74) is 0. The SMILES string of the molecule is CCOCCS(=O)CC(NC(C)=O)C(=O)O. The first-order chi connectivity index (χ1) is 7.47. The molecular weight excluding hydrogens is 234 g/mol. The summed E-state index contributed by atoms with van der Waals surface area (Å²) in [7, 11) is -1.31. The Kier molecular flexibility index (Phi) is 7.74. The molecule has 7 heteroatoms. The van der Waals surface area contributed by atoms with Gasteiger partial charge in [0.15, 0.2) is 0 Å². The summed E-state index contributed by atoms with van der Waals surface area (Å²) in [6.45, 7) is 3.90. The molecule has 0 aliphatic heterocycles. The molecule has 94 valence electrons. The normalized spacial score (nSPS) is 14.1. The van der Waals surface area contributed by atoms with Crippen LogP contribution in [0.15, 0.2) is 0 Å². The van der Waals surface area contributed by atoms with Gasteiger partial charge in [0.25, 0.3) is 0 Å². The first-order valence-electron chi connectivity index (χ1n) is 4.90. The van der Waals surface area contributed by atoms with E-state index in [9.17, 15) is 13.8 Å². The number of rotatable bonds is 8. The summed E-state index contributed by atoms with van der Waals surface area (Å²) < 4.78 is 16.4. The van der Waals surface area contributed by atoms with Gasteiger partial charge in [-0.15, -0.1) is 0 Å². The Labute approximate surface area is 96.8 Å². The molecule has 0 spiro atoms. The molecule has 6 nitrogen and oxygen atoms in total. The molecule has 0 aromatic carbocycles. The van der Waals surface area contributed by atoms with Crippen molar-refractivity contribution in [2.75, 3.05) is 24.7 Å². The first kappa shape index (κ1) is 15.0. The smallest absolute Gasteiger partial charge is 0.327 e. The molecule has 0 aliphatic rings. The quantitative estimate of drug-likeness (QED) is 0.560. The van der Waals surface area contributed by atoms with E-state index >= 15 is 0 Å². The largest absolute Gasteiger partial charge is 0.480 e. The summed E-state index contributed by atoms with van der Waals surface area (Å²) >= 11 is 0. The van der Waals surface area contributed by atoms with Crippen LogP contribution in [0.1, 0.15) is 13.8 Å². The molecule has 0 heterocycles. The molecule has 2 atom stereocenters. The van der Waals surface area contributed by atoms with Crippen molar-refractivity contribution < 1.29 is 23.6 Å². The maximum atomic E-state index is 11.4. The summed E-state index contributed by atoms with van der Waals surface area (Å²) in [6, 6.07) is -1.10. The third kappa shape index (κ3) is 7.36. The highest BCUT2D eigenvalue weighted by Crippen LogP contribution is 1.92. The zero-order valence-electron chi connectivity index (χ0n) is 9.39. The lowest BCUT2D eigenvalue weighted by atomic mass is 10.3. The van der Waals surface area contributed by atoms with E-state index in [-0.39, 0.29) is 11.5 Å². The van der Waals surface area contributed by atoms with E-state index in [0.29, 0.717) is 13.2 Å². The highest BCUT2D eigenvalue weighted by molar-refractivity contribution is 7.85. The predicted molar refractivity (Wildman–Crippen MR) is 59.6 cm³/mol. The molecule has 0 bridgehead atoms. The van der Waals surface area contributed by atoms with Crippen LogP contribution in [-0.4, -0.2) is 52.0 Å². The third-order valence-electron chi connectivity index (χ3n) is 1.69. The lowest BCUT2D eigenvalue weighted by molar-refractivity contribution is -0.140.